The third-order valence-electron chi connectivity index (χ3n) is 3.32. The zero-order valence-electron chi connectivity index (χ0n) is 12.5. The smallest absolute Gasteiger partial charge is 0.335 e. The summed E-state index contributed by atoms with van der Waals surface area (Å²) in [4.78, 5) is 37.2. The molecule has 0 unspecified atom stereocenters. The normalized spacial score (nSPS) is 10.8. The largest absolute Gasteiger partial charge is 0.478 e. The molecule has 9 heteroatoms. The van der Waals surface area contributed by atoms with Crippen LogP contribution in [0.3, 0.4) is 0 Å². The number of H-pyrrole nitrogens is 1. The Kier molecular flexibility index (Phi) is 4.17. The van der Waals surface area contributed by atoms with Crippen molar-refractivity contribution in [2.45, 2.75) is 13.1 Å². The van der Waals surface area contributed by atoms with Crippen LogP contribution < -0.4 is 16.6 Å². The first-order valence-corrected chi connectivity index (χ1v) is 7.07. The minimum atomic E-state index is -0.958. The molecule has 3 rings (SSSR count). The van der Waals surface area contributed by atoms with Gasteiger partial charge in [0.25, 0.3) is 5.56 Å². The molecular weight excluding hydrogens is 312 g/mol. The van der Waals surface area contributed by atoms with E-state index in [0.717, 1.165) is 5.56 Å². The van der Waals surface area contributed by atoms with Crippen LogP contribution in [0.15, 0.2) is 35.3 Å². The summed E-state index contributed by atoms with van der Waals surface area (Å²) in [5.41, 5.74) is 7.11. The highest BCUT2D eigenvalue weighted by Gasteiger charge is 2.07. The minimum absolute atomic E-state index is 0.00233. The highest BCUT2D eigenvalue weighted by Crippen LogP contribution is 2.06. The predicted molar refractivity (Wildman–Crippen MR) is 86.3 cm³/mol. The van der Waals surface area contributed by atoms with E-state index >= 15 is 0 Å². The molecule has 1 aromatic carbocycles. The summed E-state index contributed by atoms with van der Waals surface area (Å²) in [6.45, 7) is 0.920. The first-order chi connectivity index (χ1) is 11.5. The van der Waals surface area contributed by atoms with Gasteiger partial charge in [0.2, 0.25) is 5.95 Å². The molecule has 24 heavy (non-hydrogen) atoms. The molecule has 122 valence electrons. The summed E-state index contributed by atoms with van der Waals surface area (Å²) < 4.78 is 0. The molecule has 0 radical (unpaired) electrons. The summed E-state index contributed by atoms with van der Waals surface area (Å²) in [7, 11) is 0. The Hall–Kier alpha value is -3.33. The van der Waals surface area contributed by atoms with Crippen molar-refractivity contribution in [3.63, 3.8) is 0 Å². The van der Waals surface area contributed by atoms with E-state index in [0.29, 0.717) is 18.8 Å². The maximum atomic E-state index is 11.8. The second kappa shape index (κ2) is 6.42. The number of nitrogen functional groups attached to an aromatic ring is 1. The van der Waals surface area contributed by atoms with Crippen LogP contribution in [0.5, 0.6) is 0 Å². The van der Waals surface area contributed by atoms with Gasteiger partial charge in [0.05, 0.1) is 17.5 Å². The van der Waals surface area contributed by atoms with Crippen molar-refractivity contribution in [2.75, 3.05) is 5.73 Å². The lowest BCUT2D eigenvalue weighted by atomic mass is 10.1. The van der Waals surface area contributed by atoms with Gasteiger partial charge in [0.15, 0.2) is 11.2 Å². The predicted octanol–water partition coefficient (Wildman–Crippen LogP) is 0.283. The number of carboxylic acids is 1. The zero-order valence-corrected chi connectivity index (χ0v) is 12.5. The number of nitrogens with one attached hydrogen (secondary N) is 2. The number of hydrogen-bond acceptors (Lipinski definition) is 7. The highest BCUT2D eigenvalue weighted by molar-refractivity contribution is 5.87. The number of benzene rings is 1. The molecule has 0 spiro atoms. The molecule has 3 aromatic rings. The fraction of sp³-hybridized carbons (Fsp3) is 0.133. The number of fused-ring (bicyclic) bond motifs is 1. The van der Waals surface area contributed by atoms with Crippen LogP contribution in [0.1, 0.15) is 21.6 Å². The molecule has 0 aliphatic carbocycles. The van der Waals surface area contributed by atoms with Gasteiger partial charge in [-0.3, -0.25) is 9.78 Å². The van der Waals surface area contributed by atoms with E-state index in [9.17, 15) is 9.59 Å². The van der Waals surface area contributed by atoms with Gasteiger partial charge in [-0.2, -0.15) is 4.98 Å². The lowest BCUT2D eigenvalue weighted by molar-refractivity contribution is 0.0697. The van der Waals surface area contributed by atoms with Crippen LogP contribution in [-0.2, 0) is 13.1 Å². The number of rotatable bonds is 5. The average Bonchev–Trinajstić information content (AvgIpc) is 2.55. The lowest BCUT2D eigenvalue weighted by Crippen LogP contribution is -2.17. The summed E-state index contributed by atoms with van der Waals surface area (Å²) >= 11 is 0. The van der Waals surface area contributed by atoms with E-state index in [1.165, 1.54) is 6.20 Å². The van der Waals surface area contributed by atoms with Gasteiger partial charge in [-0.15, -0.1) is 0 Å². The van der Waals surface area contributed by atoms with Gasteiger partial charge in [0, 0.05) is 13.1 Å². The lowest BCUT2D eigenvalue weighted by Gasteiger charge is -2.05. The van der Waals surface area contributed by atoms with E-state index in [4.69, 9.17) is 10.8 Å². The number of carbonyl (C=O) groups is 1. The van der Waals surface area contributed by atoms with E-state index in [1.54, 1.807) is 24.3 Å². The second-order valence-corrected chi connectivity index (χ2v) is 5.09. The van der Waals surface area contributed by atoms with Gasteiger partial charge in [-0.25, -0.2) is 14.8 Å². The van der Waals surface area contributed by atoms with Crippen LogP contribution >= 0.6 is 0 Å². The van der Waals surface area contributed by atoms with Crippen LogP contribution in [0, 0.1) is 0 Å². The van der Waals surface area contributed by atoms with Gasteiger partial charge >= 0.3 is 5.97 Å². The Morgan fingerprint density at radius 2 is 1.96 bits per heavy atom. The van der Waals surface area contributed by atoms with Crippen molar-refractivity contribution < 1.29 is 9.90 Å². The van der Waals surface area contributed by atoms with Crippen molar-refractivity contribution in [1.29, 1.82) is 0 Å². The Bertz CT molecular complexity index is 952. The average molecular weight is 326 g/mol. The molecule has 0 aliphatic heterocycles. The number of nitrogens with zero attached hydrogens (tertiary/aromatic N) is 3. The molecule has 2 heterocycles. The molecule has 0 amide bonds. The fourth-order valence-corrected chi connectivity index (χ4v) is 2.16. The molecule has 0 saturated carbocycles. The van der Waals surface area contributed by atoms with E-state index in [1.807, 2.05) is 0 Å². The van der Waals surface area contributed by atoms with Gasteiger partial charge in [0.1, 0.15) is 0 Å². The summed E-state index contributed by atoms with van der Waals surface area (Å²) in [5, 5.41) is 12.0. The highest BCUT2D eigenvalue weighted by atomic mass is 16.4. The van der Waals surface area contributed by atoms with Crippen molar-refractivity contribution >= 4 is 23.1 Å². The topological polar surface area (TPSA) is 147 Å². The first-order valence-electron chi connectivity index (χ1n) is 7.07. The van der Waals surface area contributed by atoms with Crippen LogP contribution in [-0.4, -0.2) is 31.0 Å². The zero-order chi connectivity index (χ0) is 17.1. The second-order valence-electron chi connectivity index (χ2n) is 5.09. The molecule has 0 saturated heterocycles. The van der Waals surface area contributed by atoms with E-state index in [2.05, 4.69) is 25.3 Å². The van der Waals surface area contributed by atoms with Crippen molar-refractivity contribution in [3.05, 3.63) is 57.6 Å². The van der Waals surface area contributed by atoms with Crippen molar-refractivity contribution in [3.8, 4) is 0 Å². The maximum Gasteiger partial charge on any atom is 0.335 e. The minimum Gasteiger partial charge on any atom is -0.478 e. The Morgan fingerprint density at radius 3 is 2.67 bits per heavy atom. The van der Waals surface area contributed by atoms with Gasteiger partial charge in [-0.1, -0.05) is 12.1 Å². The number of hydrogen-bond donors (Lipinski definition) is 4. The SMILES string of the molecule is Nc1nc2ncc(CNCc3ccc(C(=O)O)cc3)nc2c(=O)[nH]1. The molecule has 9 nitrogen and oxygen atoms in total. The quantitative estimate of drug-likeness (QED) is 0.523. The molecule has 0 atom stereocenters. The third-order valence-corrected chi connectivity index (χ3v) is 3.32. The monoisotopic (exact) mass is 326 g/mol. The fourth-order valence-electron chi connectivity index (χ4n) is 2.16. The molecule has 2 aromatic heterocycles. The maximum absolute atomic E-state index is 11.8. The molecular formula is C15H14N6O3. The summed E-state index contributed by atoms with van der Waals surface area (Å²) in [6, 6.07) is 6.56. The summed E-state index contributed by atoms with van der Waals surface area (Å²) in [5.74, 6) is -0.960. The number of nitrogens with two attached hydrogens (primary N) is 1. The van der Waals surface area contributed by atoms with Gasteiger partial charge in [-0.05, 0) is 17.7 Å². The number of anilines is 1. The molecule has 0 bridgehead atoms. The van der Waals surface area contributed by atoms with E-state index < -0.39 is 11.5 Å². The first kappa shape index (κ1) is 15.6. The van der Waals surface area contributed by atoms with Gasteiger partial charge < -0.3 is 16.2 Å². The number of aromatic amines is 1. The van der Waals surface area contributed by atoms with Crippen LogP contribution in [0.2, 0.25) is 0 Å². The van der Waals surface area contributed by atoms with Crippen molar-refractivity contribution in [2.24, 2.45) is 0 Å². The Labute approximate surface area is 135 Å². The van der Waals surface area contributed by atoms with Crippen LogP contribution in [0.25, 0.3) is 11.2 Å². The summed E-state index contributed by atoms with van der Waals surface area (Å²) in [6.07, 6.45) is 1.52. The molecule has 0 aliphatic rings. The van der Waals surface area contributed by atoms with E-state index in [-0.39, 0.29) is 22.7 Å². The standard InChI is InChI=1S/C15H14N6O3/c16-15-20-12-11(13(22)21-15)19-10(7-18-12)6-17-5-8-1-3-9(4-2-8)14(23)24/h1-4,7,17H,5-6H2,(H,23,24)(H3,16,18,20,21,22). The van der Waals surface area contributed by atoms with Crippen molar-refractivity contribution in [1.82, 2.24) is 25.3 Å². The molecule has 5 N–H and O–H groups in total. The number of aromatic carboxylic acids is 1. The molecule has 0 fully saturated rings. The Balaban J connectivity index is 1.67. The third kappa shape index (κ3) is 3.36. The number of aromatic nitrogens is 4. The Morgan fingerprint density at radius 1 is 1.21 bits per heavy atom. The van der Waals surface area contributed by atoms with Crippen LogP contribution in [0.4, 0.5) is 5.95 Å². The number of carboxylic acid groups (broad SMARTS) is 1.